The minimum Gasteiger partial charge on any atom is -0.457 e. The normalized spacial score (nSPS) is 19.1. The molecule has 6 nitrogen and oxygen atoms in total. The number of ether oxygens (including phenoxy) is 1. The van der Waals surface area contributed by atoms with Gasteiger partial charge in [-0.05, 0) is 56.0 Å². The number of para-hydroxylation sites is 1. The molecule has 0 bridgehead atoms. The number of Topliss-reactive ketones (excluding diaryl/α,β-unsaturated/α-hetero) is 1. The second-order valence-corrected chi connectivity index (χ2v) is 8.27. The maximum Gasteiger partial charge on any atom is 0.289 e. The van der Waals surface area contributed by atoms with Crippen LogP contribution >= 0.6 is 0 Å². The van der Waals surface area contributed by atoms with Crippen LogP contribution in [-0.2, 0) is 9.59 Å². The Morgan fingerprint density at radius 3 is 2.35 bits per heavy atom. The van der Waals surface area contributed by atoms with Gasteiger partial charge >= 0.3 is 0 Å². The Kier molecular flexibility index (Phi) is 6.65. The topological polar surface area (TPSA) is 75.7 Å². The summed E-state index contributed by atoms with van der Waals surface area (Å²) in [6.07, 6.45) is 6.39. The first kappa shape index (κ1) is 21.1. The number of carbonyl (C=O) groups excluding carboxylic acids is 3. The lowest BCUT2D eigenvalue weighted by atomic mass is 9.95. The van der Waals surface area contributed by atoms with Gasteiger partial charge in [-0.1, -0.05) is 43.5 Å². The zero-order valence-electron chi connectivity index (χ0n) is 17.6. The molecule has 1 N–H and O–H groups in total. The summed E-state index contributed by atoms with van der Waals surface area (Å²) in [5.41, 5.74) is 0.445. The van der Waals surface area contributed by atoms with Gasteiger partial charge < -0.3 is 15.0 Å². The van der Waals surface area contributed by atoms with Gasteiger partial charge in [-0.2, -0.15) is 0 Å². The quantitative estimate of drug-likeness (QED) is 0.714. The lowest BCUT2D eigenvalue weighted by Gasteiger charge is -2.26. The van der Waals surface area contributed by atoms with Gasteiger partial charge in [0.15, 0.2) is 0 Å². The van der Waals surface area contributed by atoms with Crippen LogP contribution in [0.25, 0.3) is 0 Å². The Bertz CT molecular complexity index is 938. The van der Waals surface area contributed by atoms with Gasteiger partial charge in [0.25, 0.3) is 11.8 Å². The number of carbonyl (C=O) groups is 3. The van der Waals surface area contributed by atoms with Gasteiger partial charge in [-0.15, -0.1) is 0 Å². The van der Waals surface area contributed by atoms with Gasteiger partial charge in [0.1, 0.15) is 17.5 Å². The molecule has 2 fully saturated rings. The third-order valence-electron chi connectivity index (χ3n) is 6.04. The second-order valence-electron chi connectivity index (χ2n) is 8.27. The maximum atomic E-state index is 13.2. The first-order valence-electron chi connectivity index (χ1n) is 11.1. The highest BCUT2D eigenvalue weighted by molar-refractivity contribution is 6.38. The van der Waals surface area contributed by atoms with Crippen molar-refractivity contribution in [3.05, 3.63) is 60.2 Å². The summed E-state index contributed by atoms with van der Waals surface area (Å²) in [6, 6.07) is 15.6. The molecule has 162 valence electrons. The molecule has 2 aromatic rings. The molecular formula is C25H28N2O4. The largest absolute Gasteiger partial charge is 0.457 e. The van der Waals surface area contributed by atoms with E-state index in [2.05, 4.69) is 5.32 Å². The Morgan fingerprint density at radius 1 is 0.839 bits per heavy atom. The van der Waals surface area contributed by atoms with Crippen molar-refractivity contribution in [1.29, 1.82) is 0 Å². The molecule has 1 aliphatic heterocycles. The number of nitrogens with zero attached hydrogens (tertiary/aromatic N) is 1. The van der Waals surface area contributed by atoms with Crippen LogP contribution in [0.15, 0.2) is 54.6 Å². The number of rotatable bonds is 6. The maximum absolute atomic E-state index is 13.2. The monoisotopic (exact) mass is 420 g/mol. The number of hydrogen-bond acceptors (Lipinski definition) is 4. The lowest BCUT2D eigenvalue weighted by molar-refractivity contribution is -0.140. The SMILES string of the molecule is O=C(NC1CCCCC1)C(=O)C1CCCN1C(=O)c1cccc(Oc2ccccc2)c1. The number of amides is 2. The zero-order valence-corrected chi connectivity index (χ0v) is 17.6. The van der Waals surface area contributed by atoms with E-state index in [0.29, 0.717) is 36.4 Å². The third-order valence-corrected chi connectivity index (χ3v) is 6.04. The van der Waals surface area contributed by atoms with Crippen LogP contribution in [0.4, 0.5) is 0 Å². The molecule has 2 amide bonds. The predicted octanol–water partition coefficient (Wildman–Crippen LogP) is 4.10. The standard InChI is InChI=1S/C25H28N2O4/c28-23(24(29)26-19-10-3-1-4-11-19)22-15-8-16-27(22)25(30)18-9-7-14-21(17-18)31-20-12-5-2-6-13-20/h2,5-7,9,12-14,17,19,22H,1,3-4,8,10-11,15-16H2,(H,26,29). The fraction of sp³-hybridized carbons (Fsp3) is 0.400. The van der Waals surface area contributed by atoms with E-state index in [1.54, 1.807) is 24.3 Å². The molecule has 1 saturated carbocycles. The Balaban J connectivity index is 1.43. The highest BCUT2D eigenvalue weighted by Crippen LogP contribution is 2.26. The minimum absolute atomic E-state index is 0.0718. The number of benzene rings is 2. The first-order chi connectivity index (χ1) is 15.1. The van der Waals surface area contributed by atoms with Crippen LogP contribution in [0.1, 0.15) is 55.3 Å². The summed E-state index contributed by atoms with van der Waals surface area (Å²) in [5, 5.41) is 2.88. The summed E-state index contributed by atoms with van der Waals surface area (Å²) >= 11 is 0. The van der Waals surface area contributed by atoms with Gasteiger partial charge in [-0.25, -0.2) is 0 Å². The third kappa shape index (κ3) is 5.13. The summed E-state index contributed by atoms with van der Waals surface area (Å²) in [6.45, 7) is 0.468. The van der Waals surface area contributed by atoms with Crippen molar-refractivity contribution < 1.29 is 19.1 Å². The van der Waals surface area contributed by atoms with Crippen molar-refractivity contribution in [3.8, 4) is 11.5 Å². The minimum atomic E-state index is -0.699. The van der Waals surface area contributed by atoms with E-state index in [9.17, 15) is 14.4 Å². The van der Waals surface area contributed by atoms with E-state index in [1.807, 2.05) is 30.3 Å². The zero-order chi connectivity index (χ0) is 21.6. The predicted molar refractivity (Wildman–Crippen MR) is 117 cm³/mol. The summed E-state index contributed by atoms with van der Waals surface area (Å²) in [4.78, 5) is 40.1. The average Bonchev–Trinajstić information content (AvgIpc) is 3.29. The summed E-state index contributed by atoms with van der Waals surface area (Å²) in [7, 11) is 0. The van der Waals surface area contributed by atoms with Crippen molar-refractivity contribution in [2.75, 3.05) is 6.54 Å². The molecule has 6 heteroatoms. The molecule has 1 saturated heterocycles. The number of nitrogens with one attached hydrogen (secondary N) is 1. The summed E-state index contributed by atoms with van der Waals surface area (Å²) in [5.74, 6) is -0.0828. The first-order valence-corrected chi connectivity index (χ1v) is 11.1. The van der Waals surface area contributed by atoms with E-state index >= 15 is 0 Å². The fourth-order valence-corrected chi connectivity index (χ4v) is 4.42. The van der Waals surface area contributed by atoms with Crippen molar-refractivity contribution in [3.63, 3.8) is 0 Å². The van der Waals surface area contributed by atoms with E-state index in [1.165, 1.54) is 11.3 Å². The van der Waals surface area contributed by atoms with Gasteiger partial charge in [0.2, 0.25) is 5.78 Å². The van der Waals surface area contributed by atoms with Crippen molar-refractivity contribution in [1.82, 2.24) is 10.2 Å². The van der Waals surface area contributed by atoms with Crippen LogP contribution in [0, 0.1) is 0 Å². The van der Waals surface area contributed by atoms with Crippen LogP contribution in [0.5, 0.6) is 11.5 Å². The fourth-order valence-electron chi connectivity index (χ4n) is 4.42. The van der Waals surface area contributed by atoms with E-state index in [4.69, 9.17) is 4.74 Å². The molecule has 0 aromatic heterocycles. The second kappa shape index (κ2) is 9.77. The molecule has 1 unspecified atom stereocenters. The number of hydrogen-bond donors (Lipinski definition) is 1. The number of ketones is 1. The molecule has 2 aromatic carbocycles. The molecule has 0 radical (unpaired) electrons. The van der Waals surface area contributed by atoms with Crippen molar-refractivity contribution in [2.24, 2.45) is 0 Å². The lowest BCUT2D eigenvalue weighted by Crippen LogP contribution is -2.49. The van der Waals surface area contributed by atoms with E-state index in [0.717, 1.165) is 25.7 Å². The molecule has 4 rings (SSSR count). The molecule has 2 aliphatic rings. The smallest absolute Gasteiger partial charge is 0.289 e. The van der Waals surface area contributed by atoms with Crippen LogP contribution < -0.4 is 10.1 Å². The van der Waals surface area contributed by atoms with Crippen LogP contribution in [0.2, 0.25) is 0 Å². The van der Waals surface area contributed by atoms with Gasteiger partial charge in [-0.3, -0.25) is 14.4 Å². The Hall–Kier alpha value is -3.15. The molecule has 1 aliphatic carbocycles. The Morgan fingerprint density at radius 2 is 1.58 bits per heavy atom. The van der Waals surface area contributed by atoms with E-state index < -0.39 is 17.7 Å². The average molecular weight is 421 g/mol. The highest BCUT2D eigenvalue weighted by atomic mass is 16.5. The number of likely N-dealkylation sites (tertiary alicyclic amines) is 1. The molecule has 31 heavy (non-hydrogen) atoms. The Labute approximate surface area is 182 Å². The molecule has 1 heterocycles. The van der Waals surface area contributed by atoms with Crippen LogP contribution in [0.3, 0.4) is 0 Å². The molecular weight excluding hydrogens is 392 g/mol. The highest BCUT2D eigenvalue weighted by Gasteiger charge is 2.38. The molecule has 1 atom stereocenters. The van der Waals surface area contributed by atoms with Crippen LogP contribution in [-0.4, -0.2) is 41.1 Å². The van der Waals surface area contributed by atoms with Crippen molar-refractivity contribution in [2.45, 2.75) is 57.0 Å². The van der Waals surface area contributed by atoms with E-state index in [-0.39, 0.29) is 11.9 Å². The molecule has 0 spiro atoms. The van der Waals surface area contributed by atoms with Gasteiger partial charge in [0, 0.05) is 18.2 Å². The van der Waals surface area contributed by atoms with Crippen molar-refractivity contribution >= 4 is 17.6 Å². The summed E-state index contributed by atoms with van der Waals surface area (Å²) < 4.78 is 5.83. The van der Waals surface area contributed by atoms with Gasteiger partial charge in [0.05, 0.1) is 0 Å².